The number of imide groups is 1. The lowest BCUT2D eigenvalue weighted by Gasteiger charge is -2.29. The fraction of sp³-hybridized carbons (Fsp3) is 0.588. The Hall–Kier alpha value is -2.62. The lowest BCUT2D eigenvalue weighted by Crippen LogP contribution is -2.42. The van der Waals surface area contributed by atoms with Gasteiger partial charge in [-0.25, -0.2) is 9.69 Å². The fourth-order valence-electron chi connectivity index (χ4n) is 5.69. The number of amides is 2. The Labute approximate surface area is 231 Å². The fourth-order valence-corrected chi connectivity index (χ4v) is 5.69. The maximum atomic E-state index is 13.2. The average Bonchev–Trinajstić information content (AvgIpc) is 3.32. The molecule has 0 saturated carbocycles. The molecular formula is C34H49NO3. The van der Waals surface area contributed by atoms with Gasteiger partial charge in [-0.05, 0) is 17.5 Å². The van der Waals surface area contributed by atoms with Crippen LogP contribution in [0.4, 0.5) is 4.79 Å². The third-order valence-corrected chi connectivity index (χ3v) is 7.87. The number of hydrogen-bond donors (Lipinski definition) is 0. The second-order valence-corrected chi connectivity index (χ2v) is 10.9. The summed E-state index contributed by atoms with van der Waals surface area (Å²) in [6.07, 6.45) is 19.3. The molecular weight excluding hydrogens is 470 g/mol. The van der Waals surface area contributed by atoms with Crippen molar-refractivity contribution in [3.05, 3.63) is 71.8 Å². The topological polar surface area (TPSA) is 46.6 Å². The van der Waals surface area contributed by atoms with Gasteiger partial charge in [-0.3, -0.25) is 4.79 Å². The van der Waals surface area contributed by atoms with Gasteiger partial charge in [-0.2, -0.15) is 0 Å². The maximum absolute atomic E-state index is 13.2. The molecule has 0 aromatic heterocycles. The zero-order valence-electron chi connectivity index (χ0n) is 23.6. The Bertz CT molecular complexity index is 874. The highest BCUT2D eigenvalue weighted by molar-refractivity contribution is 5.93. The third-order valence-electron chi connectivity index (χ3n) is 7.87. The van der Waals surface area contributed by atoms with Gasteiger partial charge in [0.15, 0.2) is 0 Å². The summed E-state index contributed by atoms with van der Waals surface area (Å²) < 4.78 is 5.42. The first-order valence-corrected chi connectivity index (χ1v) is 15.3. The van der Waals surface area contributed by atoms with Gasteiger partial charge in [0.2, 0.25) is 5.91 Å². The van der Waals surface area contributed by atoms with Gasteiger partial charge in [-0.15, -0.1) is 0 Å². The standard InChI is InChI=1S/C34H49NO3/c1-2-3-4-5-6-7-8-9-10-11-12-13-14-15-22-27-32(36)35-31(28-38-34(35)37)33(29-23-18-16-19-24-29)30-25-20-17-21-26-30/h16-21,23-26,31,33H,2-15,22,27-28H2,1H3/t31-/m0/s1. The lowest BCUT2D eigenvalue weighted by molar-refractivity contribution is -0.129. The molecule has 3 rings (SSSR count). The van der Waals surface area contributed by atoms with Crippen LogP contribution in [0.1, 0.15) is 127 Å². The monoisotopic (exact) mass is 519 g/mol. The van der Waals surface area contributed by atoms with Gasteiger partial charge in [0.25, 0.3) is 0 Å². The van der Waals surface area contributed by atoms with Crippen molar-refractivity contribution in [2.75, 3.05) is 6.61 Å². The molecule has 2 amide bonds. The molecule has 1 atom stereocenters. The van der Waals surface area contributed by atoms with Crippen molar-refractivity contribution < 1.29 is 14.3 Å². The molecule has 0 unspecified atom stereocenters. The highest BCUT2D eigenvalue weighted by Gasteiger charge is 2.43. The number of cyclic esters (lactones) is 1. The van der Waals surface area contributed by atoms with E-state index < -0.39 is 6.09 Å². The minimum Gasteiger partial charge on any atom is -0.447 e. The third kappa shape index (κ3) is 9.93. The molecule has 1 heterocycles. The van der Waals surface area contributed by atoms with E-state index in [1.54, 1.807) is 0 Å². The van der Waals surface area contributed by atoms with E-state index in [9.17, 15) is 9.59 Å². The molecule has 0 bridgehead atoms. The molecule has 0 aliphatic carbocycles. The minimum atomic E-state index is -0.502. The van der Waals surface area contributed by atoms with Gasteiger partial charge >= 0.3 is 6.09 Å². The second kappa shape index (κ2) is 17.8. The molecule has 2 aromatic rings. The molecule has 0 radical (unpaired) electrons. The zero-order chi connectivity index (χ0) is 26.8. The SMILES string of the molecule is CCCCCCCCCCCCCCCCCC(=O)N1C(=O)OC[C@H]1C(c1ccccc1)c1ccccc1. The maximum Gasteiger partial charge on any atom is 0.417 e. The van der Waals surface area contributed by atoms with Crippen molar-refractivity contribution in [1.29, 1.82) is 0 Å². The molecule has 0 spiro atoms. The lowest BCUT2D eigenvalue weighted by atomic mass is 9.84. The van der Waals surface area contributed by atoms with Crippen LogP contribution in [0.5, 0.6) is 0 Å². The Morgan fingerprint density at radius 3 is 1.58 bits per heavy atom. The molecule has 1 aliphatic rings. The van der Waals surface area contributed by atoms with Crippen LogP contribution in [-0.2, 0) is 9.53 Å². The van der Waals surface area contributed by atoms with Gasteiger partial charge in [0.05, 0.1) is 6.04 Å². The van der Waals surface area contributed by atoms with E-state index in [1.807, 2.05) is 36.4 Å². The number of ether oxygens (including phenoxy) is 1. The van der Waals surface area contributed by atoms with E-state index in [-0.39, 0.29) is 24.5 Å². The summed E-state index contributed by atoms with van der Waals surface area (Å²) in [5.74, 6) is -0.210. The number of unbranched alkanes of at least 4 members (excludes halogenated alkanes) is 14. The summed E-state index contributed by atoms with van der Waals surface area (Å²) >= 11 is 0. The van der Waals surface area contributed by atoms with E-state index in [0.717, 1.165) is 30.4 Å². The Morgan fingerprint density at radius 1 is 0.711 bits per heavy atom. The molecule has 0 N–H and O–H groups in total. The summed E-state index contributed by atoms with van der Waals surface area (Å²) in [6.45, 7) is 2.51. The highest BCUT2D eigenvalue weighted by Crippen LogP contribution is 2.34. The number of nitrogens with zero attached hydrogens (tertiary/aromatic N) is 1. The number of carbonyl (C=O) groups excluding carboxylic acids is 2. The van der Waals surface area contributed by atoms with Crippen LogP contribution in [0.2, 0.25) is 0 Å². The van der Waals surface area contributed by atoms with E-state index in [2.05, 4.69) is 31.2 Å². The summed E-state index contributed by atoms with van der Waals surface area (Å²) in [5, 5.41) is 0. The largest absolute Gasteiger partial charge is 0.447 e. The first kappa shape index (κ1) is 29.9. The Balaban J connectivity index is 1.35. The molecule has 1 saturated heterocycles. The second-order valence-electron chi connectivity index (χ2n) is 10.9. The van der Waals surface area contributed by atoms with Crippen LogP contribution in [0.15, 0.2) is 60.7 Å². The van der Waals surface area contributed by atoms with Gasteiger partial charge in [-0.1, -0.05) is 157 Å². The van der Waals surface area contributed by atoms with Crippen molar-refractivity contribution in [3.8, 4) is 0 Å². The average molecular weight is 520 g/mol. The van der Waals surface area contributed by atoms with E-state index in [0.29, 0.717) is 6.42 Å². The summed E-state index contributed by atoms with van der Waals surface area (Å²) in [4.78, 5) is 27.2. The smallest absolute Gasteiger partial charge is 0.417 e. The van der Waals surface area contributed by atoms with Crippen molar-refractivity contribution in [3.63, 3.8) is 0 Å². The first-order valence-electron chi connectivity index (χ1n) is 15.3. The number of rotatable bonds is 19. The van der Waals surface area contributed by atoms with E-state index >= 15 is 0 Å². The first-order chi connectivity index (χ1) is 18.7. The quantitative estimate of drug-likeness (QED) is 0.174. The van der Waals surface area contributed by atoms with Crippen molar-refractivity contribution in [1.82, 2.24) is 4.90 Å². The summed E-state index contributed by atoms with van der Waals surface area (Å²) in [7, 11) is 0. The Kier molecular flexibility index (Phi) is 14.0. The summed E-state index contributed by atoms with van der Waals surface area (Å²) in [5.41, 5.74) is 2.18. The molecule has 4 nitrogen and oxygen atoms in total. The molecule has 1 fully saturated rings. The Morgan fingerprint density at radius 2 is 1.13 bits per heavy atom. The number of benzene rings is 2. The van der Waals surface area contributed by atoms with Crippen molar-refractivity contribution in [2.24, 2.45) is 0 Å². The van der Waals surface area contributed by atoms with Crippen LogP contribution < -0.4 is 0 Å². The number of hydrogen-bond acceptors (Lipinski definition) is 3. The molecule has 1 aliphatic heterocycles. The van der Waals surface area contributed by atoms with Crippen LogP contribution in [-0.4, -0.2) is 29.5 Å². The van der Waals surface area contributed by atoms with Crippen LogP contribution in [0.25, 0.3) is 0 Å². The van der Waals surface area contributed by atoms with E-state index in [1.165, 1.54) is 81.9 Å². The minimum absolute atomic E-state index is 0.103. The zero-order valence-corrected chi connectivity index (χ0v) is 23.6. The predicted octanol–water partition coefficient (Wildman–Crippen LogP) is 9.43. The molecule has 4 heteroatoms. The van der Waals surface area contributed by atoms with Gasteiger partial charge in [0, 0.05) is 12.3 Å². The van der Waals surface area contributed by atoms with Crippen molar-refractivity contribution in [2.45, 2.75) is 122 Å². The van der Waals surface area contributed by atoms with Crippen LogP contribution in [0.3, 0.4) is 0 Å². The molecule has 2 aromatic carbocycles. The van der Waals surface area contributed by atoms with Crippen LogP contribution in [0, 0.1) is 0 Å². The van der Waals surface area contributed by atoms with Gasteiger partial charge in [0.1, 0.15) is 6.61 Å². The highest BCUT2D eigenvalue weighted by atomic mass is 16.6. The van der Waals surface area contributed by atoms with E-state index in [4.69, 9.17) is 4.74 Å². The molecule has 208 valence electrons. The normalized spacial score (nSPS) is 15.3. The predicted molar refractivity (Wildman–Crippen MR) is 156 cm³/mol. The number of carbonyl (C=O) groups is 2. The van der Waals surface area contributed by atoms with Gasteiger partial charge < -0.3 is 4.74 Å². The van der Waals surface area contributed by atoms with Crippen molar-refractivity contribution >= 4 is 12.0 Å². The summed E-state index contributed by atoms with van der Waals surface area (Å²) in [6, 6.07) is 19.9. The van der Waals surface area contributed by atoms with Crippen LogP contribution >= 0.6 is 0 Å². The molecule has 38 heavy (non-hydrogen) atoms.